The molecule has 3 N–H and O–H groups in total. The number of hydrogen-bond donors (Lipinski definition) is 3. The highest BCUT2D eigenvalue weighted by Crippen LogP contribution is 2.37. The van der Waals surface area contributed by atoms with E-state index >= 15 is 0 Å². The van der Waals surface area contributed by atoms with Crippen molar-refractivity contribution in [2.24, 2.45) is 0 Å². The van der Waals surface area contributed by atoms with Crippen LogP contribution in [0.3, 0.4) is 0 Å². The summed E-state index contributed by atoms with van der Waals surface area (Å²) in [7, 11) is 0. The first-order valence-electron chi connectivity index (χ1n) is 11.5. The van der Waals surface area contributed by atoms with E-state index in [0.717, 1.165) is 69.1 Å². The van der Waals surface area contributed by atoms with Crippen LogP contribution in [0.4, 0.5) is 0 Å². The quantitative estimate of drug-likeness (QED) is 0.509. The average Bonchev–Trinajstić information content (AvgIpc) is 3.45. The average molecular weight is 472 g/mol. The van der Waals surface area contributed by atoms with E-state index < -0.39 is 0 Å². The lowest BCUT2D eigenvalue weighted by atomic mass is 10.0. The Morgan fingerprint density at radius 2 is 1.97 bits per heavy atom. The first kappa shape index (κ1) is 23.4. The molecule has 2 amide bonds. The molecule has 4 rings (SSSR count). The molecule has 2 aliphatic rings. The van der Waals surface area contributed by atoms with Crippen molar-refractivity contribution in [3.8, 4) is 11.5 Å². The minimum atomic E-state index is -0.295. The summed E-state index contributed by atoms with van der Waals surface area (Å²) < 4.78 is 0. The van der Waals surface area contributed by atoms with Crippen LogP contribution in [0.1, 0.15) is 59.6 Å². The second-order valence-corrected chi connectivity index (χ2v) is 9.14. The number of likely N-dealkylation sites (tertiary alicyclic amines) is 2. The fourth-order valence-electron chi connectivity index (χ4n) is 4.71. The maximum atomic E-state index is 13.2. The summed E-state index contributed by atoms with van der Waals surface area (Å²) in [5.41, 5.74) is 2.30. The molecule has 2 heterocycles. The van der Waals surface area contributed by atoms with E-state index in [1.54, 1.807) is 4.90 Å². The third-order valence-electron chi connectivity index (χ3n) is 6.43. The Morgan fingerprint density at radius 1 is 1.12 bits per heavy atom. The lowest BCUT2D eigenvalue weighted by Gasteiger charge is -2.26. The van der Waals surface area contributed by atoms with Crippen LogP contribution in [-0.4, -0.2) is 58.0 Å². The molecular formula is C25H30ClN3O4. The van der Waals surface area contributed by atoms with Gasteiger partial charge in [0.15, 0.2) is 0 Å². The monoisotopic (exact) mass is 471 g/mol. The van der Waals surface area contributed by atoms with Gasteiger partial charge in [0.1, 0.15) is 11.5 Å². The molecule has 0 radical (unpaired) electrons. The molecule has 0 aliphatic carbocycles. The van der Waals surface area contributed by atoms with E-state index in [1.807, 2.05) is 17.0 Å². The minimum absolute atomic E-state index is 0.0362. The molecule has 0 spiro atoms. The number of halogens is 1. The summed E-state index contributed by atoms with van der Waals surface area (Å²) >= 11 is 5.97. The van der Waals surface area contributed by atoms with Crippen LogP contribution < -0.4 is 5.32 Å². The van der Waals surface area contributed by atoms with Gasteiger partial charge in [0.05, 0.1) is 16.6 Å². The number of aromatic hydroxyl groups is 2. The maximum absolute atomic E-state index is 13.2. The highest BCUT2D eigenvalue weighted by molar-refractivity contribution is 6.32. The van der Waals surface area contributed by atoms with Crippen molar-refractivity contribution >= 4 is 23.4 Å². The summed E-state index contributed by atoms with van der Waals surface area (Å²) in [5, 5.41) is 23.3. The van der Waals surface area contributed by atoms with Gasteiger partial charge in [-0.05, 0) is 49.4 Å². The van der Waals surface area contributed by atoms with Gasteiger partial charge in [0, 0.05) is 38.7 Å². The zero-order chi connectivity index (χ0) is 23.4. The molecule has 7 nitrogen and oxygen atoms in total. The normalized spacial score (nSPS) is 18.3. The topological polar surface area (TPSA) is 93.1 Å². The maximum Gasteiger partial charge on any atom is 0.258 e. The van der Waals surface area contributed by atoms with Gasteiger partial charge in [-0.2, -0.15) is 0 Å². The summed E-state index contributed by atoms with van der Waals surface area (Å²) in [6.45, 7) is 3.84. The zero-order valence-corrected chi connectivity index (χ0v) is 19.4. The molecule has 2 aromatic rings. The molecule has 0 bridgehead atoms. The number of hydrogen-bond acceptors (Lipinski definition) is 5. The van der Waals surface area contributed by atoms with Crippen molar-refractivity contribution in [2.45, 2.75) is 44.7 Å². The second kappa shape index (κ2) is 10.4. The van der Waals surface area contributed by atoms with Crippen molar-refractivity contribution < 1.29 is 19.8 Å². The third kappa shape index (κ3) is 5.42. The van der Waals surface area contributed by atoms with Gasteiger partial charge in [-0.3, -0.25) is 9.59 Å². The summed E-state index contributed by atoms with van der Waals surface area (Å²) in [5.74, 6) is -0.560. The Labute approximate surface area is 199 Å². The molecule has 2 saturated heterocycles. The Bertz CT molecular complexity index is 1030. The number of nitrogens with one attached hydrogen (secondary N) is 1. The van der Waals surface area contributed by atoms with Gasteiger partial charge in [0.25, 0.3) is 5.91 Å². The molecule has 0 saturated carbocycles. The molecule has 1 unspecified atom stereocenters. The highest BCUT2D eigenvalue weighted by atomic mass is 35.5. The number of amides is 2. The Kier molecular flexibility index (Phi) is 7.40. The SMILES string of the molecule is O=C1CCCN1CCCNCc1cccc(C2CCCN2C(=O)c2cc(Cl)c(O)cc2O)c1. The van der Waals surface area contributed by atoms with Gasteiger partial charge in [-0.15, -0.1) is 0 Å². The van der Waals surface area contributed by atoms with E-state index in [4.69, 9.17) is 11.6 Å². The third-order valence-corrected chi connectivity index (χ3v) is 6.73. The number of carbonyl (C=O) groups excluding carboxylic acids is 2. The number of benzene rings is 2. The lowest BCUT2D eigenvalue weighted by molar-refractivity contribution is -0.127. The standard InChI is InChI=1S/C25H30ClN3O4/c26-20-14-19(22(30)15-23(20)31)25(33)29-12-2-7-21(29)18-6-1-5-17(13-18)16-27-9-4-11-28-10-3-8-24(28)32/h1,5-6,13-15,21,27,30-31H,2-4,7-12,16H2. The molecule has 0 aromatic heterocycles. The molecule has 2 aliphatic heterocycles. The molecule has 2 fully saturated rings. The summed E-state index contributed by atoms with van der Waals surface area (Å²) in [6.07, 6.45) is 4.30. The van der Waals surface area contributed by atoms with Crippen molar-refractivity contribution in [1.82, 2.24) is 15.1 Å². The van der Waals surface area contributed by atoms with Crippen LogP contribution in [0.5, 0.6) is 11.5 Å². The largest absolute Gasteiger partial charge is 0.507 e. The molecule has 33 heavy (non-hydrogen) atoms. The van der Waals surface area contributed by atoms with Crippen molar-refractivity contribution in [1.29, 1.82) is 0 Å². The van der Waals surface area contributed by atoms with Gasteiger partial charge >= 0.3 is 0 Å². The molecule has 1 atom stereocenters. The first-order valence-corrected chi connectivity index (χ1v) is 11.9. The predicted molar refractivity (Wildman–Crippen MR) is 126 cm³/mol. The minimum Gasteiger partial charge on any atom is -0.507 e. The fraction of sp³-hybridized carbons (Fsp3) is 0.440. The highest BCUT2D eigenvalue weighted by Gasteiger charge is 2.32. The van der Waals surface area contributed by atoms with Crippen LogP contribution in [0.15, 0.2) is 36.4 Å². The lowest BCUT2D eigenvalue weighted by Crippen LogP contribution is -2.30. The molecular weight excluding hydrogens is 442 g/mol. The van der Waals surface area contributed by atoms with Crippen LogP contribution >= 0.6 is 11.6 Å². The van der Waals surface area contributed by atoms with E-state index in [0.29, 0.717) is 13.0 Å². The second-order valence-electron chi connectivity index (χ2n) is 8.74. The Balaban J connectivity index is 1.36. The van der Waals surface area contributed by atoms with E-state index in [1.165, 1.54) is 6.07 Å². The summed E-state index contributed by atoms with van der Waals surface area (Å²) in [6, 6.07) is 10.6. The van der Waals surface area contributed by atoms with Crippen LogP contribution in [-0.2, 0) is 11.3 Å². The number of rotatable bonds is 8. The van der Waals surface area contributed by atoms with Gasteiger partial charge in [0.2, 0.25) is 5.91 Å². The summed E-state index contributed by atoms with van der Waals surface area (Å²) in [4.78, 5) is 28.5. The van der Waals surface area contributed by atoms with E-state index in [9.17, 15) is 19.8 Å². The Morgan fingerprint density at radius 3 is 2.76 bits per heavy atom. The molecule has 8 heteroatoms. The Hall–Kier alpha value is -2.77. The first-order chi connectivity index (χ1) is 15.9. The van der Waals surface area contributed by atoms with Crippen LogP contribution in [0.2, 0.25) is 5.02 Å². The number of phenols is 2. The van der Waals surface area contributed by atoms with Crippen molar-refractivity contribution in [3.05, 3.63) is 58.1 Å². The smallest absolute Gasteiger partial charge is 0.258 e. The van der Waals surface area contributed by atoms with Crippen LogP contribution in [0.25, 0.3) is 0 Å². The number of nitrogens with zero attached hydrogens (tertiary/aromatic N) is 2. The van der Waals surface area contributed by atoms with Crippen LogP contribution in [0, 0.1) is 0 Å². The molecule has 176 valence electrons. The molecule has 2 aromatic carbocycles. The van der Waals surface area contributed by atoms with Crippen molar-refractivity contribution in [2.75, 3.05) is 26.2 Å². The van der Waals surface area contributed by atoms with Gasteiger partial charge in [-0.1, -0.05) is 35.9 Å². The van der Waals surface area contributed by atoms with E-state index in [-0.39, 0.29) is 39.9 Å². The van der Waals surface area contributed by atoms with Gasteiger partial charge in [-0.25, -0.2) is 0 Å². The van der Waals surface area contributed by atoms with E-state index in [2.05, 4.69) is 17.4 Å². The number of carbonyl (C=O) groups is 2. The van der Waals surface area contributed by atoms with Crippen molar-refractivity contribution in [3.63, 3.8) is 0 Å². The zero-order valence-electron chi connectivity index (χ0n) is 18.6. The fourth-order valence-corrected chi connectivity index (χ4v) is 4.88. The number of phenolic OH excluding ortho intramolecular Hbond substituents is 2. The predicted octanol–water partition coefficient (Wildman–Crippen LogP) is 3.83. The van der Waals surface area contributed by atoms with Gasteiger partial charge < -0.3 is 25.3 Å².